The van der Waals surface area contributed by atoms with Crippen LogP contribution in [0.5, 0.6) is 0 Å². The van der Waals surface area contributed by atoms with Gasteiger partial charge in [0.1, 0.15) is 0 Å². The van der Waals surface area contributed by atoms with E-state index in [1.54, 1.807) is 0 Å². The molecule has 1 aromatic rings. The zero-order valence-electron chi connectivity index (χ0n) is 7.06. The predicted molar refractivity (Wildman–Crippen MR) is 47.5 cm³/mol. The van der Waals surface area contributed by atoms with Crippen LogP contribution in [0.4, 0.5) is 0 Å². The summed E-state index contributed by atoms with van der Waals surface area (Å²) in [7, 11) is -3.07. The van der Waals surface area contributed by atoms with Crippen molar-refractivity contribution in [3.05, 3.63) is 29.6 Å². The number of nitrogens with zero attached hydrogens (tertiary/aromatic N) is 2. The second-order valence-electron chi connectivity index (χ2n) is 2.72. The van der Waals surface area contributed by atoms with Crippen molar-refractivity contribution in [1.82, 2.24) is 4.98 Å². The van der Waals surface area contributed by atoms with E-state index >= 15 is 0 Å². The van der Waals surface area contributed by atoms with Crippen LogP contribution in [0.1, 0.15) is 11.3 Å². The molecule has 0 aromatic carbocycles. The van der Waals surface area contributed by atoms with Gasteiger partial charge in [0.05, 0.1) is 23.1 Å². The minimum Gasteiger partial charge on any atom is -0.260 e. The topological polar surface area (TPSA) is 70.8 Å². The van der Waals surface area contributed by atoms with E-state index in [0.29, 0.717) is 11.3 Å². The molecule has 1 heterocycles. The molecule has 68 valence electrons. The lowest BCUT2D eigenvalue weighted by molar-refractivity contribution is 0.600. The minimum atomic E-state index is -3.07. The third-order valence-corrected chi connectivity index (χ3v) is 2.18. The fraction of sp³-hybridized carbons (Fsp3) is 0.250. The molecule has 0 saturated heterocycles. The first-order chi connectivity index (χ1) is 6.01. The minimum absolute atomic E-state index is 0.123. The summed E-state index contributed by atoms with van der Waals surface area (Å²) in [6.07, 6.45) is 2.56. The summed E-state index contributed by atoms with van der Waals surface area (Å²) in [5.74, 6) is -0.123. The van der Waals surface area contributed by atoms with Crippen molar-refractivity contribution in [2.24, 2.45) is 0 Å². The van der Waals surface area contributed by atoms with E-state index in [0.717, 1.165) is 6.26 Å². The largest absolute Gasteiger partial charge is 0.260 e. The second-order valence-corrected chi connectivity index (χ2v) is 4.86. The highest BCUT2D eigenvalue weighted by atomic mass is 32.2. The van der Waals surface area contributed by atoms with Gasteiger partial charge in [0.25, 0.3) is 0 Å². The van der Waals surface area contributed by atoms with Crippen LogP contribution in [0.3, 0.4) is 0 Å². The van der Waals surface area contributed by atoms with E-state index in [1.165, 1.54) is 18.3 Å². The standard InChI is InChI=1S/C8H8N2O2S/c1-13(11,12)6-8-4-7(5-9)2-3-10-8/h2-4H,6H2,1H3. The van der Waals surface area contributed by atoms with E-state index in [4.69, 9.17) is 5.26 Å². The molecule has 0 fully saturated rings. The van der Waals surface area contributed by atoms with Gasteiger partial charge in [0.2, 0.25) is 0 Å². The van der Waals surface area contributed by atoms with Crippen molar-refractivity contribution < 1.29 is 8.42 Å². The summed E-state index contributed by atoms with van der Waals surface area (Å²) in [6.45, 7) is 0. The highest BCUT2D eigenvalue weighted by Gasteiger charge is 2.05. The van der Waals surface area contributed by atoms with Gasteiger partial charge in [-0.15, -0.1) is 0 Å². The van der Waals surface area contributed by atoms with Crippen molar-refractivity contribution >= 4 is 9.84 Å². The Labute approximate surface area is 76.8 Å². The van der Waals surface area contributed by atoms with Crippen molar-refractivity contribution in [3.63, 3.8) is 0 Å². The molecular weight excluding hydrogens is 188 g/mol. The molecule has 0 bridgehead atoms. The molecule has 13 heavy (non-hydrogen) atoms. The SMILES string of the molecule is CS(=O)(=O)Cc1cc(C#N)ccn1. The Morgan fingerprint density at radius 1 is 1.62 bits per heavy atom. The van der Waals surface area contributed by atoms with Crippen LogP contribution in [0, 0.1) is 11.3 Å². The molecule has 0 aliphatic heterocycles. The summed E-state index contributed by atoms with van der Waals surface area (Å²) in [5, 5.41) is 8.53. The Balaban J connectivity index is 2.99. The summed E-state index contributed by atoms with van der Waals surface area (Å²) >= 11 is 0. The van der Waals surface area contributed by atoms with Gasteiger partial charge in [-0.1, -0.05) is 0 Å². The molecular formula is C8H8N2O2S. The molecule has 1 aromatic heterocycles. The number of aromatic nitrogens is 1. The third kappa shape index (κ3) is 3.22. The molecule has 0 unspecified atom stereocenters. The number of hydrogen-bond acceptors (Lipinski definition) is 4. The first kappa shape index (κ1) is 9.68. The summed E-state index contributed by atoms with van der Waals surface area (Å²) in [5.41, 5.74) is 0.829. The maximum atomic E-state index is 10.9. The Morgan fingerprint density at radius 2 is 2.31 bits per heavy atom. The monoisotopic (exact) mass is 196 g/mol. The van der Waals surface area contributed by atoms with Gasteiger partial charge >= 0.3 is 0 Å². The number of hydrogen-bond donors (Lipinski definition) is 0. The molecule has 0 N–H and O–H groups in total. The molecule has 0 radical (unpaired) electrons. The van der Waals surface area contributed by atoms with Crippen molar-refractivity contribution in [2.45, 2.75) is 5.75 Å². The molecule has 0 spiro atoms. The molecule has 0 saturated carbocycles. The van der Waals surface area contributed by atoms with E-state index in [1.807, 2.05) is 6.07 Å². The van der Waals surface area contributed by atoms with Gasteiger partial charge in [-0.3, -0.25) is 4.98 Å². The molecule has 0 atom stereocenters. The summed E-state index contributed by atoms with van der Waals surface area (Å²) < 4.78 is 21.8. The van der Waals surface area contributed by atoms with Crippen molar-refractivity contribution in [2.75, 3.05) is 6.26 Å². The van der Waals surface area contributed by atoms with Gasteiger partial charge in [0, 0.05) is 12.5 Å². The normalized spacial score (nSPS) is 10.8. The third-order valence-electron chi connectivity index (χ3n) is 1.36. The average Bonchev–Trinajstić information content (AvgIpc) is 2.01. The zero-order chi connectivity index (χ0) is 9.90. The van der Waals surface area contributed by atoms with Gasteiger partial charge in [-0.25, -0.2) is 8.42 Å². The summed E-state index contributed by atoms with van der Waals surface area (Å²) in [6, 6.07) is 4.93. The summed E-state index contributed by atoms with van der Waals surface area (Å²) in [4.78, 5) is 3.84. The molecule has 0 amide bonds. The smallest absolute Gasteiger partial charge is 0.153 e. The van der Waals surface area contributed by atoms with Gasteiger partial charge in [0.15, 0.2) is 9.84 Å². The Kier molecular flexibility index (Phi) is 2.63. The second kappa shape index (κ2) is 3.54. The first-order valence-corrected chi connectivity index (χ1v) is 5.60. The van der Waals surface area contributed by atoms with Crippen LogP contribution in [-0.2, 0) is 15.6 Å². The molecule has 0 aliphatic carbocycles. The van der Waals surface area contributed by atoms with E-state index in [2.05, 4.69) is 4.98 Å². The van der Waals surface area contributed by atoms with E-state index in [9.17, 15) is 8.42 Å². The van der Waals surface area contributed by atoms with Gasteiger partial charge < -0.3 is 0 Å². The molecule has 1 rings (SSSR count). The lowest BCUT2D eigenvalue weighted by Gasteiger charge is -1.97. The lowest BCUT2D eigenvalue weighted by atomic mass is 10.2. The van der Waals surface area contributed by atoms with Crippen LogP contribution in [0.15, 0.2) is 18.3 Å². The lowest BCUT2D eigenvalue weighted by Crippen LogP contribution is -2.02. The fourth-order valence-electron chi connectivity index (χ4n) is 0.895. The number of nitriles is 1. The number of pyridine rings is 1. The first-order valence-electron chi connectivity index (χ1n) is 3.54. The quantitative estimate of drug-likeness (QED) is 0.690. The average molecular weight is 196 g/mol. The Bertz CT molecular complexity index is 445. The fourth-order valence-corrected chi connectivity index (χ4v) is 1.59. The van der Waals surface area contributed by atoms with Gasteiger partial charge in [-0.05, 0) is 12.1 Å². The molecule has 5 heteroatoms. The Hall–Kier alpha value is -1.41. The number of sulfone groups is 1. The molecule has 0 aliphatic rings. The predicted octanol–water partition coefficient (Wildman–Crippen LogP) is 0.498. The van der Waals surface area contributed by atoms with Crippen molar-refractivity contribution in [3.8, 4) is 6.07 Å². The van der Waals surface area contributed by atoms with E-state index in [-0.39, 0.29) is 5.75 Å². The maximum Gasteiger partial charge on any atom is 0.153 e. The van der Waals surface area contributed by atoms with E-state index < -0.39 is 9.84 Å². The highest BCUT2D eigenvalue weighted by molar-refractivity contribution is 7.89. The Morgan fingerprint density at radius 3 is 2.85 bits per heavy atom. The van der Waals surface area contributed by atoms with Crippen LogP contribution in [0.25, 0.3) is 0 Å². The highest BCUT2D eigenvalue weighted by Crippen LogP contribution is 2.03. The van der Waals surface area contributed by atoms with Crippen molar-refractivity contribution in [1.29, 1.82) is 5.26 Å². The number of rotatable bonds is 2. The molecule has 4 nitrogen and oxygen atoms in total. The maximum absolute atomic E-state index is 10.9. The van der Waals surface area contributed by atoms with Crippen LogP contribution in [0.2, 0.25) is 0 Å². The van der Waals surface area contributed by atoms with Crippen LogP contribution < -0.4 is 0 Å². The zero-order valence-corrected chi connectivity index (χ0v) is 7.87. The van der Waals surface area contributed by atoms with Crippen LogP contribution >= 0.6 is 0 Å². The van der Waals surface area contributed by atoms with Gasteiger partial charge in [-0.2, -0.15) is 5.26 Å². The van der Waals surface area contributed by atoms with Crippen LogP contribution in [-0.4, -0.2) is 19.7 Å².